The van der Waals surface area contributed by atoms with Crippen LogP contribution < -0.4 is 0 Å². The van der Waals surface area contributed by atoms with Crippen molar-refractivity contribution in [1.29, 1.82) is 0 Å². The molecule has 0 bridgehead atoms. The van der Waals surface area contributed by atoms with E-state index in [0.29, 0.717) is 58.3 Å². The molecule has 0 aliphatic heterocycles. The maximum atomic E-state index is 6.24. The number of para-hydroxylation sites is 2. The van der Waals surface area contributed by atoms with Gasteiger partial charge in [-0.2, -0.15) is 0 Å². The highest BCUT2D eigenvalue weighted by molar-refractivity contribution is 6.13. The molecule has 0 N–H and O–H groups in total. The van der Waals surface area contributed by atoms with Gasteiger partial charge in [0.15, 0.2) is 58.0 Å². The third kappa shape index (κ3) is 16.4. The van der Waals surface area contributed by atoms with Crippen LogP contribution in [0.2, 0.25) is 0 Å². The van der Waals surface area contributed by atoms with Gasteiger partial charge in [0.2, 0.25) is 5.89 Å². The molecule has 0 unspecified atom stereocenters. The molecule has 145 heavy (non-hydrogen) atoms. The molecule has 0 atom stereocenters. The molecule has 4 aromatic heterocycles. The second-order valence-corrected chi connectivity index (χ2v) is 38.0. The summed E-state index contributed by atoms with van der Waals surface area (Å²) in [6.07, 6.45) is 0. The average Bonchev–Trinajstić information content (AvgIpc) is 1.62. The molecule has 4 heterocycles. The third-order valence-corrected chi connectivity index (χ3v) is 28.5. The van der Waals surface area contributed by atoms with E-state index >= 15 is 0 Å². The van der Waals surface area contributed by atoms with Crippen LogP contribution in [0.25, 0.3) is 246 Å². The van der Waals surface area contributed by atoms with Crippen molar-refractivity contribution in [2.24, 2.45) is 0 Å². The van der Waals surface area contributed by atoms with E-state index in [9.17, 15) is 0 Å². The first-order valence-electron chi connectivity index (χ1n) is 49.1. The molecule has 11 nitrogen and oxygen atoms in total. The Hall–Kier alpha value is -18.8. The van der Waals surface area contributed by atoms with Gasteiger partial charge in [0, 0.05) is 83.2 Å². The largest absolute Gasteiger partial charge is 0.436 e. The van der Waals surface area contributed by atoms with Crippen molar-refractivity contribution in [2.45, 2.75) is 38.5 Å². The molecule has 25 aromatic rings. The zero-order chi connectivity index (χ0) is 97.1. The second-order valence-electron chi connectivity index (χ2n) is 38.0. The van der Waals surface area contributed by atoms with E-state index in [1.54, 1.807) is 0 Å². The lowest BCUT2D eigenvalue weighted by Gasteiger charge is -2.22. The Labute approximate surface area is 840 Å². The van der Waals surface area contributed by atoms with E-state index in [2.05, 4.69) is 307 Å². The molecule has 27 rings (SSSR count). The maximum Gasteiger partial charge on any atom is 0.227 e. The van der Waals surface area contributed by atoms with E-state index in [0.717, 1.165) is 132 Å². The summed E-state index contributed by atoms with van der Waals surface area (Å²) in [6, 6.07) is 169. The van der Waals surface area contributed by atoms with Crippen LogP contribution >= 0.6 is 0 Å². The smallest absolute Gasteiger partial charge is 0.227 e. The maximum absolute atomic E-state index is 6.24. The minimum atomic E-state index is -0.0402. The molecular formula is C134H92N10O. The van der Waals surface area contributed by atoms with Crippen molar-refractivity contribution in [2.75, 3.05) is 0 Å². The number of hydrogen-bond donors (Lipinski definition) is 0. The zero-order valence-corrected chi connectivity index (χ0v) is 80.1. The Morgan fingerprint density at radius 1 is 0.159 bits per heavy atom. The van der Waals surface area contributed by atoms with Crippen LogP contribution in [0.5, 0.6) is 0 Å². The van der Waals surface area contributed by atoms with Gasteiger partial charge in [0.1, 0.15) is 5.52 Å². The predicted octanol–water partition coefficient (Wildman–Crippen LogP) is 34.0. The van der Waals surface area contributed by atoms with Crippen molar-refractivity contribution in [3.63, 3.8) is 0 Å². The van der Waals surface area contributed by atoms with E-state index in [1.807, 2.05) is 206 Å². The summed E-state index contributed by atoms with van der Waals surface area (Å²) in [6.45, 7) is 9.33. The first-order chi connectivity index (χ1) is 71.4. The van der Waals surface area contributed by atoms with Gasteiger partial charge in [-0.3, -0.25) is 0 Å². The fourth-order valence-corrected chi connectivity index (χ4v) is 21.2. The number of hydrogen-bond acceptors (Lipinski definition) is 11. The summed E-state index contributed by atoms with van der Waals surface area (Å²) in [4.78, 5) is 50.3. The molecule has 2 aliphatic carbocycles. The van der Waals surface area contributed by atoms with Gasteiger partial charge in [-0.25, -0.2) is 49.8 Å². The Morgan fingerprint density at radius 2 is 0.414 bits per heavy atom. The van der Waals surface area contributed by atoms with E-state index in [-0.39, 0.29) is 10.8 Å². The molecule has 0 radical (unpaired) electrons. The fraction of sp³-hybridized carbons (Fsp3) is 0.0448. The number of nitrogens with zero attached hydrogens (tertiary/aromatic N) is 10. The number of aromatic nitrogens is 10. The summed E-state index contributed by atoms with van der Waals surface area (Å²) in [5.41, 5.74) is 33.4. The molecular weight excluding hydrogens is 1770 g/mol. The van der Waals surface area contributed by atoms with Gasteiger partial charge in [-0.1, -0.05) is 464 Å². The zero-order valence-electron chi connectivity index (χ0n) is 80.1. The van der Waals surface area contributed by atoms with E-state index in [4.69, 9.17) is 54.3 Å². The highest BCUT2D eigenvalue weighted by Crippen LogP contribution is 2.53. The lowest BCUT2D eigenvalue weighted by atomic mass is 9.81. The number of oxazole rings is 1. The van der Waals surface area contributed by atoms with Crippen molar-refractivity contribution in [3.8, 4) is 192 Å². The van der Waals surface area contributed by atoms with E-state index < -0.39 is 0 Å². The van der Waals surface area contributed by atoms with Crippen LogP contribution in [-0.2, 0) is 10.8 Å². The summed E-state index contributed by atoms with van der Waals surface area (Å²) >= 11 is 0. The van der Waals surface area contributed by atoms with Gasteiger partial charge in [-0.05, 0) is 175 Å². The number of rotatable bonds is 15. The van der Waals surface area contributed by atoms with Crippen LogP contribution in [0.3, 0.4) is 0 Å². The molecule has 2 aliphatic rings. The van der Waals surface area contributed by atoms with E-state index in [1.165, 1.54) is 77.5 Å². The summed E-state index contributed by atoms with van der Waals surface area (Å²) in [7, 11) is 0. The van der Waals surface area contributed by atoms with Crippen molar-refractivity contribution in [1.82, 2.24) is 49.8 Å². The van der Waals surface area contributed by atoms with Gasteiger partial charge in [0.05, 0.1) is 0 Å². The van der Waals surface area contributed by atoms with Crippen molar-refractivity contribution in [3.05, 3.63) is 508 Å². The monoisotopic (exact) mass is 1860 g/mol. The number of fused-ring (bicyclic) bond motifs is 11. The average molecular weight is 1860 g/mol. The Balaban J connectivity index is 0.000000114. The van der Waals surface area contributed by atoms with Gasteiger partial charge in [0.25, 0.3) is 0 Å². The highest BCUT2D eigenvalue weighted by atomic mass is 16.3. The third-order valence-electron chi connectivity index (χ3n) is 28.5. The predicted molar refractivity (Wildman–Crippen MR) is 594 cm³/mol. The lowest BCUT2D eigenvalue weighted by molar-refractivity contribution is 0.620. The minimum Gasteiger partial charge on any atom is -0.436 e. The van der Waals surface area contributed by atoms with Crippen LogP contribution in [0, 0.1) is 0 Å². The van der Waals surface area contributed by atoms with Crippen LogP contribution in [-0.4, -0.2) is 49.8 Å². The molecule has 0 saturated heterocycles. The summed E-state index contributed by atoms with van der Waals surface area (Å²) in [5.74, 6) is 6.39. The van der Waals surface area contributed by atoms with Gasteiger partial charge < -0.3 is 4.42 Å². The topological polar surface area (TPSA) is 142 Å². The number of benzene rings is 21. The van der Waals surface area contributed by atoms with Crippen LogP contribution in [0.1, 0.15) is 49.9 Å². The first-order valence-corrected chi connectivity index (χ1v) is 49.1. The SMILES string of the molecule is CC1(C)c2ccccc2-c2ccc(-c3ccc(-c4c(-c5nc(-c6ccccc6)nc(-c6ccccc6)n5)ccc5ccccc45)cc3)cc21.CC1(C)c2ccccc2-c2ccc(-c3ccc(-c4c(-c5nc(-c6ccccc6)nc(-c6ccccc6)n5)ccc5ccccc45)cc3)cc21.c1ccc(-c2nc(-c3ccccc3)nc(-c3ccc4ccccc4c3-c3ccc(-c4nc5ccccc5o4)c4ccccc34)n2)cc1. The molecule has 0 amide bonds. The molecule has 0 fully saturated rings. The second kappa shape index (κ2) is 37.1. The Bertz CT molecular complexity index is 8720. The Kier molecular flexibility index (Phi) is 22.4. The molecule has 21 aromatic carbocycles. The van der Waals surface area contributed by atoms with Gasteiger partial charge in [-0.15, -0.1) is 0 Å². The normalized spacial score (nSPS) is 12.4. The molecule has 0 saturated carbocycles. The summed E-state index contributed by atoms with van der Waals surface area (Å²) < 4.78 is 6.24. The van der Waals surface area contributed by atoms with Crippen LogP contribution in [0.15, 0.2) is 490 Å². The lowest BCUT2D eigenvalue weighted by Crippen LogP contribution is -2.14. The Morgan fingerprint density at radius 3 is 0.779 bits per heavy atom. The molecule has 11 heteroatoms. The van der Waals surface area contributed by atoms with Crippen molar-refractivity contribution >= 4 is 54.2 Å². The highest BCUT2D eigenvalue weighted by Gasteiger charge is 2.38. The van der Waals surface area contributed by atoms with Crippen LogP contribution in [0.4, 0.5) is 0 Å². The summed E-state index contributed by atoms with van der Waals surface area (Å²) in [5, 5.41) is 9.07. The van der Waals surface area contributed by atoms with Gasteiger partial charge >= 0.3 is 0 Å². The minimum absolute atomic E-state index is 0.0402. The standard InChI is InChI=1S/2C46H33N3.C42H26N4O/c2*1-46(2)40-20-12-11-19-37(40)38-27-26-35(29-41(38)46)30-21-23-32(24-22-30)42-36-18-10-9-13-31(36)25-28-39(42)45-48-43(33-14-5-3-6-15-33)47-44(49-45)34-16-7-4-8-17-34;1-3-14-28(15-4-1)39-44-40(29-16-5-2-6-17-29)46-41(45-39)35-24-23-27-13-7-8-18-30(27)38(35)33-25-26-34(32-20-10-9-19-31(32)33)42-43-36-21-11-12-22-37(36)47-42/h2*3-29H,1-2H3;1-26H. The van der Waals surface area contributed by atoms with Crippen molar-refractivity contribution < 1.29 is 4.42 Å². The first kappa shape index (κ1) is 87.6. The quantitative estimate of drug-likeness (QED) is 0.0968. The molecule has 684 valence electrons. The fourth-order valence-electron chi connectivity index (χ4n) is 21.2. The molecule has 0 spiro atoms.